The van der Waals surface area contributed by atoms with Crippen molar-refractivity contribution in [2.45, 2.75) is 33.2 Å². The molecule has 2 saturated heterocycles. The van der Waals surface area contributed by atoms with Gasteiger partial charge >= 0.3 is 0 Å². The molecule has 2 aromatic heterocycles. The number of primary amides is 1. The van der Waals surface area contributed by atoms with Gasteiger partial charge in [0.15, 0.2) is 5.75 Å². The molecule has 0 saturated carbocycles. The topological polar surface area (TPSA) is 130 Å². The van der Waals surface area contributed by atoms with Gasteiger partial charge in [0.1, 0.15) is 0 Å². The van der Waals surface area contributed by atoms with Crippen molar-refractivity contribution in [1.82, 2.24) is 30.1 Å². The minimum absolute atomic E-state index is 0.0154. The van der Waals surface area contributed by atoms with Crippen LogP contribution in [0.1, 0.15) is 32.3 Å². The number of pyridine rings is 1. The van der Waals surface area contributed by atoms with E-state index in [9.17, 15) is 9.59 Å². The van der Waals surface area contributed by atoms with Crippen LogP contribution < -0.4 is 20.7 Å². The molecule has 0 bridgehead atoms. The number of nitrogens with two attached hydrogens (primary N) is 1. The van der Waals surface area contributed by atoms with Gasteiger partial charge < -0.3 is 20.7 Å². The Morgan fingerprint density at radius 3 is 2.27 bits per heavy atom. The molecule has 2 fully saturated rings. The number of aromatic nitrogens is 3. The molecule has 0 aliphatic carbocycles. The van der Waals surface area contributed by atoms with Crippen LogP contribution >= 0.6 is 23.2 Å². The Balaban J connectivity index is 1.27. The summed E-state index contributed by atoms with van der Waals surface area (Å²) in [6.45, 7) is 10.5. The van der Waals surface area contributed by atoms with E-state index in [1.165, 1.54) is 0 Å². The molecule has 240 valence electrons. The predicted octanol–water partition coefficient (Wildman–Crippen LogP) is 4.23. The van der Waals surface area contributed by atoms with Gasteiger partial charge in [-0.3, -0.25) is 19.4 Å². The summed E-state index contributed by atoms with van der Waals surface area (Å²) < 4.78 is 6.20. The molecule has 3 N–H and O–H groups in total. The molecular formula is C32H40Cl2N8O3. The molecular weight excluding hydrogens is 615 g/mol. The summed E-state index contributed by atoms with van der Waals surface area (Å²) in [5, 5.41) is 4.00. The van der Waals surface area contributed by atoms with E-state index >= 15 is 0 Å². The number of likely N-dealkylation sites (tertiary alicyclic amines) is 1. The zero-order valence-corrected chi connectivity index (χ0v) is 27.2. The first-order valence-corrected chi connectivity index (χ1v) is 16.1. The van der Waals surface area contributed by atoms with Gasteiger partial charge in [0.05, 0.1) is 18.1 Å². The highest BCUT2D eigenvalue weighted by molar-refractivity contribution is 6.35. The molecule has 3 aromatic rings. The summed E-state index contributed by atoms with van der Waals surface area (Å²) in [7, 11) is 0. The summed E-state index contributed by atoms with van der Waals surface area (Å²) in [5.74, 6) is 1.58. The van der Waals surface area contributed by atoms with E-state index in [2.05, 4.69) is 30.0 Å². The first kappa shape index (κ1) is 32.9. The molecule has 2 aliphatic heterocycles. The molecule has 11 nitrogen and oxygen atoms in total. The number of benzene rings is 1. The van der Waals surface area contributed by atoms with Gasteiger partial charge in [0.25, 0.3) is 0 Å². The number of rotatable bonds is 11. The molecule has 0 radical (unpaired) electrons. The standard InChI is InChI=1S/C32H40Cl2N8O3/c1-21(31(35)44)19-41-7-9-42(10-8-41)32-37-17-28(18-38-32)45-30-12-24(11-29(39-30)25-13-26(33)15-27(34)14-25)20-40-5-3-23(4-6-40)16-36-22(2)43/h11-15,17-18,21,23H,3-10,16,19-20H2,1-2H3,(H2,35,44)(H,36,43). The van der Waals surface area contributed by atoms with Crippen LogP contribution in [0.4, 0.5) is 5.95 Å². The van der Waals surface area contributed by atoms with Crippen molar-refractivity contribution in [1.29, 1.82) is 0 Å². The Kier molecular flexibility index (Phi) is 11.1. The third-order valence-corrected chi connectivity index (χ3v) is 8.72. The maximum Gasteiger partial charge on any atom is 0.225 e. The maximum absolute atomic E-state index is 11.4. The second-order valence-corrected chi connectivity index (χ2v) is 12.8. The van der Waals surface area contributed by atoms with Gasteiger partial charge in [0.2, 0.25) is 23.6 Å². The van der Waals surface area contributed by atoms with Crippen LogP contribution in [0.15, 0.2) is 42.7 Å². The molecule has 2 aliphatic rings. The molecule has 1 atom stereocenters. The largest absolute Gasteiger partial charge is 0.436 e. The molecule has 0 spiro atoms. The van der Waals surface area contributed by atoms with E-state index < -0.39 is 0 Å². The zero-order valence-electron chi connectivity index (χ0n) is 25.7. The van der Waals surface area contributed by atoms with E-state index in [0.29, 0.717) is 45.8 Å². The van der Waals surface area contributed by atoms with E-state index in [1.807, 2.05) is 31.2 Å². The Hall–Kier alpha value is -3.51. The van der Waals surface area contributed by atoms with Crippen molar-refractivity contribution in [3.63, 3.8) is 0 Å². The van der Waals surface area contributed by atoms with Crippen LogP contribution in [-0.2, 0) is 16.1 Å². The van der Waals surface area contributed by atoms with E-state index in [1.54, 1.807) is 25.4 Å². The van der Waals surface area contributed by atoms with Gasteiger partial charge in [-0.05, 0) is 61.7 Å². The highest BCUT2D eigenvalue weighted by atomic mass is 35.5. The Morgan fingerprint density at radius 2 is 1.64 bits per heavy atom. The van der Waals surface area contributed by atoms with Crippen LogP contribution in [0.5, 0.6) is 11.6 Å². The smallest absolute Gasteiger partial charge is 0.225 e. The second-order valence-electron chi connectivity index (χ2n) is 11.9. The number of hydrogen-bond acceptors (Lipinski definition) is 9. The van der Waals surface area contributed by atoms with Crippen LogP contribution in [0, 0.1) is 11.8 Å². The first-order valence-electron chi connectivity index (χ1n) is 15.3. The van der Waals surface area contributed by atoms with Gasteiger partial charge in [-0.1, -0.05) is 30.1 Å². The molecule has 1 unspecified atom stereocenters. The average molecular weight is 656 g/mol. The lowest BCUT2D eigenvalue weighted by Gasteiger charge is -2.35. The first-order chi connectivity index (χ1) is 21.6. The van der Waals surface area contributed by atoms with Crippen molar-refractivity contribution in [3.05, 3.63) is 58.3 Å². The van der Waals surface area contributed by atoms with Gasteiger partial charge in [-0.15, -0.1) is 0 Å². The highest BCUT2D eigenvalue weighted by Crippen LogP contribution is 2.31. The SMILES string of the molecule is CC(=O)NCC1CCN(Cc2cc(Oc3cnc(N4CCN(CC(C)C(N)=O)CC4)nc3)nc(-c3cc(Cl)cc(Cl)c3)c2)CC1. The fourth-order valence-corrected chi connectivity index (χ4v) is 6.23. The van der Waals surface area contributed by atoms with Crippen LogP contribution in [0.2, 0.25) is 10.0 Å². The van der Waals surface area contributed by atoms with Crippen molar-refractivity contribution in [2.75, 3.05) is 57.3 Å². The molecule has 45 heavy (non-hydrogen) atoms. The van der Waals surface area contributed by atoms with Crippen LogP contribution in [0.25, 0.3) is 11.3 Å². The number of ether oxygens (including phenoxy) is 1. The van der Waals surface area contributed by atoms with Crippen molar-refractivity contribution >= 4 is 41.0 Å². The van der Waals surface area contributed by atoms with E-state index in [-0.39, 0.29) is 17.7 Å². The minimum atomic E-state index is -0.278. The van der Waals surface area contributed by atoms with Crippen molar-refractivity contribution in [2.24, 2.45) is 17.6 Å². The van der Waals surface area contributed by atoms with Gasteiger partial charge in [-0.2, -0.15) is 0 Å². The van der Waals surface area contributed by atoms with E-state index in [0.717, 1.165) is 76.3 Å². The number of nitrogens with one attached hydrogen (secondary N) is 1. The van der Waals surface area contributed by atoms with Crippen molar-refractivity contribution < 1.29 is 14.3 Å². The Labute approximate surface area is 274 Å². The number of hydrogen-bond donors (Lipinski definition) is 2. The number of anilines is 1. The third-order valence-electron chi connectivity index (χ3n) is 8.28. The highest BCUT2D eigenvalue weighted by Gasteiger charge is 2.23. The van der Waals surface area contributed by atoms with Crippen molar-refractivity contribution in [3.8, 4) is 22.9 Å². The summed E-state index contributed by atoms with van der Waals surface area (Å²) in [5.41, 5.74) is 7.97. The Morgan fingerprint density at radius 1 is 0.978 bits per heavy atom. The molecule has 13 heteroatoms. The minimum Gasteiger partial charge on any atom is -0.436 e. The predicted molar refractivity (Wildman–Crippen MR) is 175 cm³/mol. The fraction of sp³-hybridized carbons (Fsp3) is 0.469. The van der Waals surface area contributed by atoms with Gasteiger partial charge in [0, 0.05) is 80.3 Å². The number of piperazine rings is 1. The zero-order chi connectivity index (χ0) is 31.9. The second kappa shape index (κ2) is 15.2. The normalized spacial score (nSPS) is 17.2. The number of nitrogens with zero attached hydrogens (tertiary/aromatic N) is 6. The van der Waals surface area contributed by atoms with Gasteiger partial charge in [-0.25, -0.2) is 15.0 Å². The third kappa shape index (κ3) is 9.49. The molecule has 5 rings (SSSR count). The lowest BCUT2D eigenvalue weighted by Crippen LogP contribution is -2.49. The maximum atomic E-state index is 11.4. The average Bonchev–Trinajstić information content (AvgIpc) is 3.01. The summed E-state index contributed by atoms with van der Waals surface area (Å²) in [4.78, 5) is 43.4. The van der Waals surface area contributed by atoms with E-state index in [4.69, 9.17) is 38.7 Å². The number of carbonyl (C=O) groups is 2. The fourth-order valence-electron chi connectivity index (χ4n) is 5.70. The Bertz CT molecular complexity index is 1460. The lowest BCUT2D eigenvalue weighted by atomic mass is 9.96. The number of piperidine rings is 1. The molecule has 1 aromatic carbocycles. The molecule has 4 heterocycles. The lowest BCUT2D eigenvalue weighted by molar-refractivity contribution is -0.122. The number of halogens is 2. The molecule has 2 amide bonds. The quantitative estimate of drug-likeness (QED) is 0.312. The number of amides is 2. The van der Waals surface area contributed by atoms with Crippen LogP contribution in [-0.4, -0.2) is 88.9 Å². The van der Waals surface area contributed by atoms with Crippen LogP contribution in [0.3, 0.4) is 0 Å². The summed E-state index contributed by atoms with van der Waals surface area (Å²) in [6.07, 6.45) is 5.37. The monoisotopic (exact) mass is 654 g/mol. The number of carbonyl (C=O) groups excluding carboxylic acids is 2. The summed E-state index contributed by atoms with van der Waals surface area (Å²) in [6, 6.07) is 9.35. The summed E-state index contributed by atoms with van der Waals surface area (Å²) >= 11 is 12.7.